The molecule has 0 saturated carbocycles. The Bertz CT molecular complexity index is 231. The van der Waals surface area contributed by atoms with Gasteiger partial charge in [0.05, 0.1) is 6.61 Å². The maximum Gasteiger partial charge on any atom is 0.226 e. The molecule has 114 valence electrons. The molecule has 1 atom stereocenters. The maximum absolute atomic E-state index is 12.3. The molecule has 0 aromatic heterocycles. The zero-order valence-corrected chi connectivity index (χ0v) is 13.1. The number of carbonyl (C=O) groups is 1. The van der Waals surface area contributed by atoms with Gasteiger partial charge in [-0.05, 0) is 12.8 Å². The third-order valence-corrected chi connectivity index (χ3v) is 3.86. The van der Waals surface area contributed by atoms with Gasteiger partial charge >= 0.3 is 0 Å². The monoisotopic (exact) mass is 271 g/mol. The molecule has 0 aliphatic rings. The summed E-state index contributed by atoms with van der Waals surface area (Å²) in [5.74, 6) is 0.120. The van der Waals surface area contributed by atoms with Crippen LogP contribution in [0.3, 0.4) is 0 Å². The van der Waals surface area contributed by atoms with Gasteiger partial charge in [-0.15, -0.1) is 0 Å². The van der Waals surface area contributed by atoms with Crippen LogP contribution in [0.1, 0.15) is 78.6 Å². The van der Waals surface area contributed by atoms with Crippen LogP contribution in [0.2, 0.25) is 0 Å². The lowest BCUT2D eigenvalue weighted by Crippen LogP contribution is -2.40. The summed E-state index contributed by atoms with van der Waals surface area (Å²) in [5, 5.41) is 11.7. The number of carbonyl (C=O) groups excluding carboxylic acids is 1. The van der Waals surface area contributed by atoms with E-state index in [2.05, 4.69) is 26.1 Å². The minimum Gasteiger partial charge on any atom is -0.395 e. The van der Waals surface area contributed by atoms with Crippen LogP contribution in [0, 0.1) is 5.41 Å². The molecule has 0 fully saturated rings. The van der Waals surface area contributed by atoms with Crippen molar-refractivity contribution in [3.05, 3.63) is 0 Å². The topological polar surface area (TPSA) is 49.3 Å². The fourth-order valence-electron chi connectivity index (χ4n) is 2.44. The van der Waals surface area contributed by atoms with Gasteiger partial charge in [0.1, 0.15) is 0 Å². The molecule has 0 heterocycles. The predicted octanol–water partition coefficient (Wildman–Crippen LogP) is 3.65. The van der Waals surface area contributed by atoms with Crippen molar-refractivity contribution >= 4 is 5.91 Å². The summed E-state index contributed by atoms with van der Waals surface area (Å²) in [5.41, 5.74) is -0.252. The van der Waals surface area contributed by atoms with Crippen LogP contribution in [-0.4, -0.2) is 24.2 Å². The summed E-state index contributed by atoms with van der Waals surface area (Å²) in [6.45, 7) is 6.86. The number of hydrogen-bond donors (Lipinski definition) is 2. The number of unbranched alkanes of at least 4 members (excludes halogenated alkanes) is 5. The zero-order valence-electron chi connectivity index (χ0n) is 13.1. The zero-order chi connectivity index (χ0) is 14.6. The molecule has 0 saturated heterocycles. The van der Waals surface area contributed by atoms with E-state index in [4.69, 9.17) is 5.11 Å². The van der Waals surface area contributed by atoms with E-state index >= 15 is 0 Å². The standard InChI is InChI=1S/C16H33NO2/c1-4-6-8-10-12-16(3,11-9-7-5-2)15(19)17-13-14-18/h18H,4-14H2,1-3H3,(H,17,19). The van der Waals surface area contributed by atoms with E-state index in [0.717, 1.165) is 25.7 Å². The Kier molecular flexibility index (Phi) is 10.9. The Balaban J connectivity index is 4.29. The average Bonchev–Trinajstić information content (AvgIpc) is 2.41. The molecule has 0 aliphatic heterocycles. The maximum atomic E-state index is 12.3. The van der Waals surface area contributed by atoms with Crippen molar-refractivity contribution in [1.82, 2.24) is 5.32 Å². The lowest BCUT2D eigenvalue weighted by atomic mass is 9.79. The smallest absolute Gasteiger partial charge is 0.226 e. The van der Waals surface area contributed by atoms with Gasteiger partial charge in [-0.2, -0.15) is 0 Å². The first-order chi connectivity index (χ1) is 9.10. The van der Waals surface area contributed by atoms with Crippen molar-refractivity contribution in [3.63, 3.8) is 0 Å². The van der Waals surface area contributed by atoms with E-state index in [1.54, 1.807) is 0 Å². The second-order valence-corrected chi connectivity index (χ2v) is 5.81. The van der Waals surface area contributed by atoms with Crippen LogP contribution in [0.5, 0.6) is 0 Å². The van der Waals surface area contributed by atoms with Crippen molar-refractivity contribution in [3.8, 4) is 0 Å². The summed E-state index contributed by atoms with van der Waals surface area (Å²) in [6.07, 6.45) is 10.2. The highest BCUT2D eigenvalue weighted by molar-refractivity contribution is 5.82. The first-order valence-electron chi connectivity index (χ1n) is 8.00. The quantitative estimate of drug-likeness (QED) is 0.532. The van der Waals surface area contributed by atoms with Crippen LogP contribution in [-0.2, 0) is 4.79 Å². The molecule has 0 aliphatic carbocycles. The van der Waals surface area contributed by atoms with Crippen LogP contribution >= 0.6 is 0 Å². The van der Waals surface area contributed by atoms with Crippen LogP contribution in [0.25, 0.3) is 0 Å². The Hall–Kier alpha value is -0.570. The third kappa shape index (κ3) is 8.25. The highest BCUT2D eigenvalue weighted by Gasteiger charge is 2.31. The Morgan fingerprint density at radius 3 is 2.05 bits per heavy atom. The fraction of sp³-hybridized carbons (Fsp3) is 0.938. The average molecular weight is 271 g/mol. The largest absolute Gasteiger partial charge is 0.395 e. The number of nitrogens with one attached hydrogen (secondary N) is 1. The molecule has 0 aromatic carbocycles. The van der Waals surface area contributed by atoms with Crippen molar-refractivity contribution in [2.75, 3.05) is 13.2 Å². The molecule has 3 heteroatoms. The van der Waals surface area contributed by atoms with Gasteiger partial charge in [0, 0.05) is 12.0 Å². The molecule has 2 N–H and O–H groups in total. The Labute approximate surface area is 119 Å². The normalized spacial score (nSPS) is 14.1. The molecular weight excluding hydrogens is 238 g/mol. The molecule has 0 radical (unpaired) electrons. The first-order valence-corrected chi connectivity index (χ1v) is 8.00. The van der Waals surface area contributed by atoms with Crippen molar-refractivity contribution in [2.45, 2.75) is 78.6 Å². The molecule has 0 spiro atoms. The van der Waals surface area contributed by atoms with Crippen molar-refractivity contribution < 1.29 is 9.90 Å². The van der Waals surface area contributed by atoms with Gasteiger partial charge in [-0.25, -0.2) is 0 Å². The summed E-state index contributed by atoms with van der Waals surface area (Å²) < 4.78 is 0. The molecule has 0 bridgehead atoms. The lowest BCUT2D eigenvalue weighted by Gasteiger charge is -2.28. The second kappa shape index (κ2) is 11.3. The van der Waals surface area contributed by atoms with Crippen molar-refractivity contribution in [1.29, 1.82) is 0 Å². The number of rotatable bonds is 12. The Morgan fingerprint density at radius 1 is 1.00 bits per heavy atom. The van der Waals surface area contributed by atoms with Crippen LogP contribution < -0.4 is 5.32 Å². The number of aliphatic hydroxyl groups excluding tert-OH is 1. The Morgan fingerprint density at radius 2 is 1.53 bits per heavy atom. The molecular formula is C16H33NO2. The van der Waals surface area contributed by atoms with E-state index in [1.807, 2.05) is 0 Å². The van der Waals surface area contributed by atoms with E-state index in [0.29, 0.717) is 6.54 Å². The summed E-state index contributed by atoms with van der Waals surface area (Å²) in [4.78, 5) is 12.3. The third-order valence-electron chi connectivity index (χ3n) is 3.86. The first kappa shape index (κ1) is 18.4. The molecule has 1 unspecified atom stereocenters. The molecule has 1 amide bonds. The predicted molar refractivity (Wildman–Crippen MR) is 81.1 cm³/mol. The summed E-state index contributed by atoms with van der Waals surface area (Å²) in [7, 11) is 0. The van der Waals surface area contributed by atoms with Gasteiger partial charge in [0.2, 0.25) is 5.91 Å². The molecule has 3 nitrogen and oxygen atoms in total. The highest BCUT2D eigenvalue weighted by Crippen LogP contribution is 2.31. The van der Waals surface area contributed by atoms with E-state index in [-0.39, 0.29) is 17.9 Å². The number of aliphatic hydroxyl groups is 1. The van der Waals surface area contributed by atoms with E-state index in [1.165, 1.54) is 32.1 Å². The lowest BCUT2D eigenvalue weighted by molar-refractivity contribution is -0.131. The molecule has 0 aromatic rings. The summed E-state index contributed by atoms with van der Waals surface area (Å²) >= 11 is 0. The fourth-order valence-corrected chi connectivity index (χ4v) is 2.44. The SMILES string of the molecule is CCCCCCC(C)(CCCCC)C(=O)NCCO. The summed E-state index contributed by atoms with van der Waals surface area (Å²) in [6, 6.07) is 0. The molecule has 19 heavy (non-hydrogen) atoms. The van der Waals surface area contributed by atoms with Gasteiger partial charge in [0.15, 0.2) is 0 Å². The van der Waals surface area contributed by atoms with Crippen LogP contribution in [0.15, 0.2) is 0 Å². The van der Waals surface area contributed by atoms with Gasteiger partial charge in [-0.1, -0.05) is 65.7 Å². The van der Waals surface area contributed by atoms with E-state index in [9.17, 15) is 4.79 Å². The van der Waals surface area contributed by atoms with E-state index < -0.39 is 0 Å². The van der Waals surface area contributed by atoms with Crippen molar-refractivity contribution in [2.24, 2.45) is 5.41 Å². The minimum atomic E-state index is -0.252. The van der Waals surface area contributed by atoms with Gasteiger partial charge in [-0.3, -0.25) is 4.79 Å². The van der Waals surface area contributed by atoms with Gasteiger partial charge in [0.25, 0.3) is 0 Å². The second-order valence-electron chi connectivity index (χ2n) is 5.81. The highest BCUT2D eigenvalue weighted by atomic mass is 16.3. The number of amides is 1. The number of hydrogen-bond acceptors (Lipinski definition) is 2. The molecule has 0 rings (SSSR count). The van der Waals surface area contributed by atoms with Gasteiger partial charge < -0.3 is 10.4 Å². The van der Waals surface area contributed by atoms with Crippen LogP contribution in [0.4, 0.5) is 0 Å². The minimum absolute atomic E-state index is 0.0205.